The number of benzene rings is 1. The number of ketones is 1. The van der Waals surface area contributed by atoms with Crippen molar-refractivity contribution < 1.29 is 19.1 Å². The topological polar surface area (TPSA) is 82.2 Å². The van der Waals surface area contributed by atoms with E-state index in [1.54, 1.807) is 24.0 Å². The zero-order chi connectivity index (χ0) is 22.8. The Morgan fingerprint density at radius 3 is 2.47 bits per heavy atom. The van der Waals surface area contributed by atoms with E-state index >= 15 is 0 Å². The number of fused-ring (bicyclic) bond motifs is 1. The van der Waals surface area contributed by atoms with E-state index in [4.69, 9.17) is 4.74 Å². The fourth-order valence-electron chi connectivity index (χ4n) is 4.76. The first kappa shape index (κ1) is 22.5. The van der Waals surface area contributed by atoms with E-state index in [1.807, 2.05) is 12.1 Å². The molecule has 1 aromatic carbocycles. The zero-order valence-electron chi connectivity index (χ0n) is 18.9. The molecule has 3 aliphatic rings. The third-order valence-electron chi connectivity index (χ3n) is 6.72. The van der Waals surface area contributed by atoms with Crippen molar-refractivity contribution in [2.75, 3.05) is 50.8 Å². The Bertz CT molecular complexity index is 892. The minimum Gasteiger partial charge on any atom is -0.369 e. The van der Waals surface area contributed by atoms with Crippen LogP contribution in [0.15, 0.2) is 36.4 Å². The van der Waals surface area contributed by atoms with E-state index in [1.165, 1.54) is 0 Å². The molecule has 8 nitrogen and oxygen atoms in total. The monoisotopic (exact) mass is 440 g/mol. The van der Waals surface area contributed by atoms with Crippen molar-refractivity contribution in [3.63, 3.8) is 0 Å². The van der Waals surface area contributed by atoms with Crippen LogP contribution in [0.2, 0.25) is 0 Å². The average molecular weight is 441 g/mol. The van der Waals surface area contributed by atoms with Gasteiger partial charge in [-0.15, -0.1) is 0 Å². The lowest BCUT2D eigenvalue weighted by molar-refractivity contribution is -0.137. The highest BCUT2D eigenvalue weighted by Gasteiger charge is 2.48. The second-order valence-electron chi connectivity index (χ2n) is 8.80. The molecule has 32 heavy (non-hydrogen) atoms. The summed E-state index contributed by atoms with van der Waals surface area (Å²) >= 11 is 0. The lowest BCUT2D eigenvalue weighted by Gasteiger charge is -2.35. The van der Waals surface area contributed by atoms with Gasteiger partial charge in [-0.25, -0.2) is 0 Å². The van der Waals surface area contributed by atoms with Gasteiger partial charge < -0.3 is 24.8 Å². The Labute approximate surface area is 189 Å². The lowest BCUT2D eigenvalue weighted by Crippen LogP contribution is -2.52. The van der Waals surface area contributed by atoms with Gasteiger partial charge in [-0.1, -0.05) is 13.5 Å². The van der Waals surface area contributed by atoms with E-state index in [9.17, 15) is 14.4 Å². The van der Waals surface area contributed by atoms with Crippen molar-refractivity contribution in [2.45, 2.75) is 38.5 Å². The normalized spacial score (nSPS) is 24.4. The molecule has 1 N–H and O–H groups in total. The standard InChI is InChI=1S/C24H32N4O4/c1-4-26-11-13-27(14-12-26)18-7-5-17(6-8-18)23(30)25-21(16(2)3)24(31)28-10-9-20-22(28)19(29)15-32-20/h5-8,20-22H,2,4,9-15H2,1,3H3,(H,25,30)/t20-,21+,22-/m1/s1. The first-order valence-electron chi connectivity index (χ1n) is 11.4. The van der Waals surface area contributed by atoms with Crippen molar-refractivity contribution in [2.24, 2.45) is 0 Å². The van der Waals surface area contributed by atoms with Crippen LogP contribution >= 0.6 is 0 Å². The predicted molar refractivity (Wildman–Crippen MR) is 122 cm³/mol. The number of carbonyl (C=O) groups excluding carboxylic acids is 3. The summed E-state index contributed by atoms with van der Waals surface area (Å²) in [7, 11) is 0. The minimum atomic E-state index is -0.878. The van der Waals surface area contributed by atoms with E-state index in [0.29, 0.717) is 24.1 Å². The highest BCUT2D eigenvalue weighted by atomic mass is 16.5. The van der Waals surface area contributed by atoms with Crippen molar-refractivity contribution in [1.82, 2.24) is 15.1 Å². The molecule has 3 atom stereocenters. The van der Waals surface area contributed by atoms with E-state index in [0.717, 1.165) is 38.4 Å². The number of likely N-dealkylation sites (tertiary alicyclic amines) is 1. The molecule has 0 radical (unpaired) electrons. The summed E-state index contributed by atoms with van der Waals surface area (Å²) < 4.78 is 5.47. The second-order valence-corrected chi connectivity index (χ2v) is 8.80. The van der Waals surface area contributed by atoms with Crippen LogP contribution in [-0.2, 0) is 14.3 Å². The Balaban J connectivity index is 1.40. The molecule has 0 aliphatic carbocycles. The number of nitrogens with zero attached hydrogens (tertiary/aromatic N) is 3. The number of likely N-dealkylation sites (N-methyl/N-ethyl adjacent to an activating group) is 1. The molecule has 172 valence electrons. The lowest BCUT2D eigenvalue weighted by atomic mass is 10.1. The third-order valence-corrected chi connectivity index (χ3v) is 6.72. The van der Waals surface area contributed by atoms with Gasteiger partial charge in [-0.05, 0) is 49.7 Å². The minimum absolute atomic E-state index is 0.0447. The van der Waals surface area contributed by atoms with Gasteiger partial charge in [0.05, 0.1) is 6.10 Å². The summed E-state index contributed by atoms with van der Waals surface area (Å²) in [6.07, 6.45) is 0.396. The molecule has 3 aliphatic heterocycles. The predicted octanol–water partition coefficient (Wildman–Crippen LogP) is 1.07. The Morgan fingerprint density at radius 1 is 1.16 bits per heavy atom. The van der Waals surface area contributed by atoms with Gasteiger partial charge in [0.15, 0.2) is 5.78 Å². The summed E-state index contributed by atoms with van der Waals surface area (Å²) in [4.78, 5) is 44.5. The molecular formula is C24H32N4O4. The Kier molecular flexibility index (Phi) is 6.62. The number of amides is 2. The molecule has 0 aromatic heterocycles. The van der Waals surface area contributed by atoms with Crippen LogP contribution in [0.5, 0.6) is 0 Å². The number of Topliss-reactive ketones (excluding diaryl/α,β-unsaturated/α-hetero) is 1. The molecule has 0 unspecified atom stereocenters. The number of carbonyl (C=O) groups is 3. The first-order valence-corrected chi connectivity index (χ1v) is 11.4. The van der Waals surface area contributed by atoms with E-state index in [2.05, 4.69) is 28.6 Å². The zero-order valence-corrected chi connectivity index (χ0v) is 18.9. The van der Waals surface area contributed by atoms with Gasteiger partial charge in [0.1, 0.15) is 18.7 Å². The number of hydrogen-bond acceptors (Lipinski definition) is 6. The number of anilines is 1. The van der Waals surface area contributed by atoms with Crippen LogP contribution in [0.1, 0.15) is 30.6 Å². The van der Waals surface area contributed by atoms with E-state index < -0.39 is 12.1 Å². The molecule has 3 fully saturated rings. The summed E-state index contributed by atoms with van der Waals surface area (Å²) in [6, 6.07) is 6.06. The molecule has 0 spiro atoms. The fraction of sp³-hybridized carbons (Fsp3) is 0.542. The van der Waals surface area contributed by atoms with Crippen LogP contribution in [0.3, 0.4) is 0 Å². The van der Waals surface area contributed by atoms with Crippen LogP contribution in [0.4, 0.5) is 5.69 Å². The number of piperazine rings is 1. The molecule has 3 heterocycles. The third kappa shape index (κ3) is 4.42. The molecule has 1 aromatic rings. The summed E-state index contributed by atoms with van der Waals surface area (Å²) in [6.45, 7) is 13.3. The van der Waals surface area contributed by atoms with Gasteiger partial charge >= 0.3 is 0 Å². The van der Waals surface area contributed by atoms with Gasteiger partial charge in [-0.3, -0.25) is 14.4 Å². The number of ether oxygens (including phenoxy) is 1. The van der Waals surface area contributed by atoms with Crippen LogP contribution in [0, 0.1) is 0 Å². The van der Waals surface area contributed by atoms with E-state index in [-0.39, 0.29) is 30.3 Å². The second kappa shape index (κ2) is 9.42. The maximum absolute atomic E-state index is 13.2. The van der Waals surface area contributed by atoms with Crippen molar-refractivity contribution in [3.8, 4) is 0 Å². The highest BCUT2D eigenvalue weighted by molar-refractivity contribution is 6.00. The molecule has 2 amide bonds. The molecular weight excluding hydrogens is 408 g/mol. The molecule has 4 rings (SSSR count). The smallest absolute Gasteiger partial charge is 0.252 e. The Morgan fingerprint density at radius 2 is 1.84 bits per heavy atom. The van der Waals surface area contributed by atoms with Crippen molar-refractivity contribution in [3.05, 3.63) is 42.0 Å². The van der Waals surface area contributed by atoms with Crippen LogP contribution < -0.4 is 10.2 Å². The van der Waals surface area contributed by atoms with Gasteiger partial charge in [0, 0.05) is 44.0 Å². The van der Waals surface area contributed by atoms with Crippen LogP contribution in [-0.4, -0.2) is 91.5 Å². The number of rotatable bonds is 6. The largest absolute Gasteiger partial charge is 0.369 e. The molecule has 0 bridgehead atoms. The first-order chi connectivity index (χ1) is 15.4. The van der Waals surface area contributed by atoms with Crippen molar-refractivity contribution >= 4 is 23.3 Å². The summed E-state index contributed by atoms with van der Waals surface area (Å²) in [5, 5.41) is 2.81. The maximum atomic E-state index is 13.2. The Hall–Kier alpha value is -2.71. The average Bonchev–Trinajstić information content (AvgIpc) is 3.40. The van der Waals surface area contributed by atoms with Gasteiger partial charge in [-0.2, -0.15) is 0 Å². The quantitative estimate of drug-likeness (QED) is 0.667. The fourth-order valence-corrected chi connectivity index (χ4v) is 4.76. The van der Waals surface area contributed by atoms with Crippen LogP contribution in [0.25, 0.3) is 0 Å². The molecule has 3 saturated heterocycles. The summed E-state index contributed by atoms with van der Waals surface area (Å²) in [5.74, 6) is -0.718. The summed E-state index contributed by atoms with van der Waals surface area (Å²) in [5.41, 5.74) is 2.11. The SMILES string of the molecule is C=C(C)[C@H](NC(=O)c1ccc(N2CCN(CC)CC2)cc1)C(=O)N1CC[C@H]2OCC(=O)[C@H]21. The number of nitrogens with one attached hydrogen (secondary N) is 1. The maximum Gasteiger partial charge on any atom is 0.252 e. The molecule has 0 saturated carbocycles. The number of hydrogen-bond donors (Lipinski definition) is 1. The van der Waals surface area contributed by atoms with Crippen molar-refractivity contribution in [1.29, 1.82) is 0 Å². The molecule has 8 heteroatoms. The van der Waals surface area contributed by atoms with Gasteiger partial charge in [0.2, 0.25) is 5.91 Å². The highest BCUT2D eigenvalue weighted by Crippen LogP contribution is 2.28. The van der Waals surface area contributed by atoms with Gasteiger partial charge in [0.25, 0.3) is 5.91 Å².